The van der Waals surface area contributed by atoms with Gasteiger partial charge in [-0.15, -0.1) is 11.3 Å². The fraction of sp³-hybridized carbons (Fsp3) is 0.348. The van der Waals surface area contributed by atoms with Crippen LogP contribution in [0.25, 0.3) is 6.08 Å². The molecule has 0 spiro atoms. The third kappa shape index (κ3) is 4.71. The molecule has 1 saturated heterocycles. The number of hydrogen-bond donors (Lipinski definition) is 1. The van der Waals surface area contributed by atoms with E-state index in [0.29, 0.717) is 10.6 Å². The Morgan fingerprint density at radius 1 is 1.23 bits per heavy atom. The summed E-state index contributed by atoms with van der Waals surface area (Å²) in [4.78, 5) is 28.3. The molecule has 0 atom stereocenters. The summed E-state index contributed by atoms with van der Waals surface area (Å²) in [7, 11) is 0. The molecule has 1 aromatic carbocycles. The second-order valence-corrected chi connectivity index (χ2v) is 8.34. The van der Waals surface area contributed by atoms with Crippen LogP contribution in [0, 0.1) is 25.2 Å². The van der Waals surface area contributed by atoms with Gasteiger partial charge in [-0.05, 0) is 62.9 Å². The average molecular weight is 424 g/mol. The number of ether oxygens (including phenoxy) is 1. The topological polar surface area (TPSA) is 82.4 Å². The molecule has 30 heavy (non-hydrogen) atoms. The Labute approximate surface area is 180 Å². The van der Waals surface area contributed by atoms with Crippen LogP contribution in [-0.4, -0.2) is 31.6 Å². The van der Waals surface area contributed by atoms with E-state index in [1.54, 1.807) is 13.0 Å². The van der Waals surface area contributed by atoms with Crippen molar-refractivity contribution >= 4 is 40.0 Å². The van der Waals surface area contributed by atoms with E-state index in [1.165, 1.54) is 24.2 Å². The number of nitrogens with one attached hydrogen (secondary N) is 1. The Kier molecular flexibility index (Phi) is 6.91. The molecule has 0 aliphatic carbocycles. The zero-order valence-corrected chi connectivity index (χ0v) is 18.3. The summed E-state index contributed by atoms with van der Waals surface area (Å²) in [6.07, 6.45) is 3.96. The second kappa shape index (κ2) is 9.59. The van der Waals surface area contributed by atoms with Crippen molar-refractivity contribution in [2.24, 2.45) is 0 Å². The molecule has 6 nitrogen and oxygen atoms in total. The van der Waals surface area contributed by atoms with Crippen molar-refractivity contribution in [2.45, 2.75) is 33.6 Å². The predicted molar refractivity (Wildman–Crippen MR) is 120 cm³/mol. The number of benzene rings is 1. The van der Waals surface area contributed by atoms with Crippen molar-refractivity contribution in [2.75, 3.05) is 29.9 Å². The molecule has 7 heteroatoms. The number of carbonyl (C=O) groups excluding carboxylic acids is 2. The number of nitrogens with zero attached hydrogens (tertiary/aromatic N) is 2. The number of aryl methyl sites for hydroxylation is 1. The first kappa shape index (κ1) is 21.6. The number of anilines is 2. The number of hydrogen-bond acceptors (Lipinski definition) is 6. The molecule has 1 aliphatic rings. The van der Waals surface area contributed by atoms with E-state index in [4.69, 9.17) is 4.74 Å². The van der Waals surface area contributed by atoms with Crippen molar-refractivity contribution in [1.82, 2.24) is 0 Å². The molecule has 156 valence electrons. The Morgan fingerprint density at radius 2 is 1.90 bits per heavy atom. The Bertz CT molecular complexity index is 1010. The lowest BCUT2D eigenvalue weighted by Crippen LogP contribution is -2.17. The molecule has 0 radical (unpaired) electrons. The van der Waals surface area contributed by atoms with Gasteiger partial charge in [0, 0.05) is 23.7 Å². The Balaban J connectivity index is 1.79. The second-order valence-electron chi connectivity index (χ2n) is 7.12. The normalized spacial score (nSPS) is 13.8. The minimum atomic E-state index is -0.548. The van der Waals surface area contributed by atoms with Crippen molar-refractivity contribution in [3.05, 3.63) is 51.4 Å². The van der Waals surface area contributed by atoms with E-state index in [2.05, 4.69) is 10.2 Å². The summed E-state index contributed by atoms with van der Waals surface area (Å²) in [5, 5.41) is 12.6. The van der Waals surface area contributed by atoms with E-state index < -0.39 is 11.9 Å². The summed E-state index contributed by atoms with van der Waals surface area (Å²) in [5.74, 6) is -1.03. The third-order valence-corrected chi connectivity index (χ3v) is 6.25. The lowest BCUT2D eigenvalue weighted by Gasteiger charge is -2.17. The first-order valence-corrected chi connectivity index (χ1v) is 10.8. The van der Waals surface area contributed by atoms with Gasteiger partial charge < -0.3 is 15.0 Å². The summed E-state index contributed by atoms with van der Waals surface area (Å²) in [6, 6.07) is 9.79. The van der Waals surface area contributed by atoms with Crippen molar-refractivity contribution < 1.29 is 14.3 Å². The fourth-order valence-corrected chi connectivity index (χ4v) is 4.45. The summed E-state index contributed by atoms with van der Waals surface area (Å²) in [6.45, 7) is 7.79. The lowest BCUT2D eigenvalue weighted by molar-refractivity contribution is -0.112. The molecule has 0 saturated carbocycles. The SMILES string of the molecule is CCOC(=O)c1c(NC(=O)/C(C#N)=C\c2ccc(N3CCCC3)cc2)sc(C)c1C. The molecule has 2 aromatic rings. The maximum Gasteiger partial charge on any atom is 0.341 e. The Morgan fingerprint density at radius 3 is 2.50 bits per heavy atom. The van der Waals surface area contributed by atoms with E-state index in [-0.39, 0.29) is 12.2 Å². The van der Waals surface area contributed by atoms with Crippen LogP contribution >= 0.6 is 11.3 Å². The van der Waals surface area contributed by atoms with E-state index >= 15 is 0 Å². The fourth-order valence-electron chi connectivity index (χ4n) is 3.41. The largest absolute Gasteiger partial charge is 0.462 e. The molecule has 1 aromatic heterocycles. The highest BCUT2D eigenvalue weighted by Gasteiger charge is 2.23. The monoisotopic (exact) mass is 423 g/mol. The molecular formula is C23H25N3O3S. The first-order chi connectivity index (χ1) is 14.4. The average Bonchev–Trinajstić information content (AvgIpc) is 3.35. The van der Waals surface area contributed by atoms with E-state index in [1.807, 2.05) is 44.2 Å². The number of thiophene rings is 1. The van der Waals surface area contributed by atoms with Crippen molar-refractivity contribution in [1.29, 1.82) is 5.26 Å². The van der Waals surface area contributed by atoms with Gasteiger partial charge in [-0.25, -0.2) is 4.79 Å². The highest BCUT2D eigenvalue weighted by atomic mass is 32.1. The summed E-state index contributed by atoms with van der Waals surface area (Å²) >= 11 is 1.30. The van der Waals surface area contributed by atoms with E-state index in [9.17, 15) is 14.9 Å². The zero-order chi connectivity index (χ0) is 21.7. The highest BCUT2D eigenvalue weighted by Crippen LogP contribution is 2.33. The van der Waals surface area contributed by atoms with Crippen LogP contribution < -0.4 is 10.2 Å². The molecule has 1 aliphatic heterocycles. The standard InChI is InChI=1S/C23H25N3O3S/c1-4-29-23(28)20-15(2)16(3)30-22(20)25-21(27)18(14-24)13-17-7-9-19(10-8-17)26-11-5-6-12-26/h7-10,13H,4-6,11-12H2,1-3H3,(H,25,27)/b18-13-. The van der Waals surface area contributed by atoms with Gasteiger partial charge in [0.05, 0.1) is 12.2 Å². The van der Waals surface area contributed by atoms with Crippen LogP contribution in [0.5, 0.6) is 0 Å². The minimum absolute atomic E-state index is 0.0255. The number of carbonyl (C=O) groups is 2. The molecule has 0 unspecified atom stereocenters. The van der Waals surface area contributed by atoms with Gasteiger partial charge in [0.15, 0.2) is 0 Å². The molecule has 0 bridgehead atoms. The molecule has 1 fully saturated rings. The zero-order valence-electron chi connectivity index (χ0n) is 17.4. The summed E-state index contributed by atoms with van der Waals surface area (Å²) in [5.41, 5.74) is 3.01. The van der Waals surface area contributed by atoms with Gasteiger partial charge in [0.25, 0.3) is 5.91 Å². The number of esters is 1. The number of rotatable bonds is 6. The molecule has 2 heterocycles. The Hall–Kier alpha value is -3.11. The van der Waals surface area contributed by atoms with E-state index in [0.717, 1.165) is 34.8 Å². The maximum absolute atomic E-state index is 12.7. The van der Waals surface area contributed by atoms with Crippen LogP contribution in [-0.2, 0) is 9.53 Å². The van der Waals surface area contributed by atoms with Gasteiger partial charge in [-0.3, -0.25) is 4.79 Å². The lowest BCUT2D eigenvalue weighted by atomic mass is 10.1. The quantitative estimate of drug-likeness (QED) is 0.414. The van der Waals surface area contributed by atoms with Crippen molar-refractivity contribution in [3.63, 3.8) is 0 Å². The third-order valence-electron chi connectivity index (χ3n) is 5.13. The van der Waals surface area contributed by atoms with Gasteiger partial charge >= 0.3 is 5.97 Å². The molecule has 3 rings (SSSR count). The van der Waals surface area contributed by atoms with Crippen molar-refractivity contribution in [3.8, 4) is 6.07 Å². The smallest absolute Gasteiger partial charge is 0.341 e. The van der Waals surface area contributed by atoms with Gasteiger partial charge in [0.2, 0.25) is 0 Å². The van der Waals surface area contributed by atoms with Crippen LogP contribution in [0.4, 0.5) is 10.7 Å². The van der Waals surface area contributed by atoms with Crippen LogP contribution in [0.1, 0.15) is 46.1 Å². The summed E-state index contributed by atoms with van der Waals surface area (Å²) < 4.78 is 5.11. The maximum atomic E-state index is 12.7. The minimum Gasteiger partial charge on any atom is -0.462 e. The van der Waals surface area contributed by atoms with Gasteiger partial charge in [-0.2, -0.15) is 5.26 Å². The molecular weight excluding hydrogens is 398 g/mol. The predicted octanol–water partition coefficient (Wildman–Crippen LogP) is 4.69. The molecule has 1 amide bonds. The first-order valence-electron chi connectivity index (χ1n) is 9.99. The number of nitriles is 1. The van der Waals surface area contributed by atoms with Gasteiger partial charge in [0.1, 0.15) is 16.6 Å². The van der Waals surface area contributed by atoms with Crippen LogP contribution in [0.3, 0.4) is 0 Å². The highest BCUT2D eigenvalue weighted by molar-refractivity contribution is 7.16. The van der Waals surface area contributed by atoms with Gasteiger partial charge in [-0.1, -0.05) is 12.1 Å². The van der Waals surface area contributed by atoms with Crippen LogP contribution in [0.15, 0.2) is 29.8 Å². The number of amides is 1. The molecule has 1 N–H and O–H groups in total. The van der Waals surface area contributed by atoms with Crippen LogP contribution in [0.2, 0.25) is 0 Å².